The molecule has 0 spiro atoms. The fraction of sp³-hybridized carbons (Fsp3) is 0.0800. The fourth-order valence-electron chi connectivity index (χ4n) is 3.05. The molecule has 0 saturated heterocycles. The largest absolute Gasteiger partial charge is 0.493 e. The van der Waals surface area contributed by atoms with E-state index in [1.165, 1.54) is 6.21 Å². The van der Waals surface area contributed by atoms with Crippen LogP contribution in [0.5, 0.6) is 11.5 Å². The number of aromatic amines is 1. The van der Waals surface area contributed by atoms with Crippen molar-refractivity contribution in [2.45, 2.75) is 6.61 Å². The zero-order valence-corrected chi connectivity index (χ0v) is 18.5. The van der Waals surface area contributed by atoms with Crippen molar-refractivity contribution in [3.63, 3.8) is 0 Å². The van der Waals surface area contributed by atoms with Gasteiger partial charge in [-0.2, -0.15) is 10.2 Å². The van der Waals surface area contributed by atoms with E-state index in [-0.39, 0.29) is 0 Å². The summed E-state index contributed by atoms with van der Waals surface area (Å²) in [6.07, 6.45) is 1.53. The van der Waals surface area contributed by atoms with Gasteiger partial charge in [-0.1, -0.05) is 54.1 Å². The molecule has 0 saturated carbocycles. The van der Waals surface area contributed by atoms with Crippen LogP contribution in [-0.4, -0.2) is 29.4 Å². The number of carbonyl (C=O) groups is 1. The number of amides is 1. The van der Waals surface area contributed by atoms with E-state index in [0.29, 0.717) is 34.5 Å². The summed E-state index contributed by atoms with van der Waals surface area (Å²) in [5.41, 5.74) is 6.06. The predicted octanol–water partition coefficient (Wildman–Crippen LogP) is 5.08. The molecule has 3 aromatic carbocycles. The van der Waals surface area contributed by atoms with Crippen LogP contribution in [0.1, 0.15) is 21.6 Å². The number of H-pyrrole nitrogens is 1. The molecule has 8 heteroatoms. The molecule has 1 aromatic heterocycles. The summed E-state index contributed by atoms with van der Waals surface area (Å²) in [5.74, 6) is 0.783. The Hall–Kier alpha value is -4.10. The molecule has 4 aromatic rings. The van der Waals surface area contributed by atoms with E-state index in [0.717, 1.165) is 16.7 Å². The first kappa shape index (κ1) is 22.1. The minimum Gasteiger partial charge on any atom is -0.493 e. The molecule has 1 amide bonds. The molecule has 0 fully saturated rings. The van der Waals surface area contributed by atoms with Crippen LogP contribution in [0.25, 0.3) is 11.3 Å². The average Bonchev–Trinajstić information content (AvgIpc) is 3.34. The van der Waals surface area contributed by atoms with Crippen molar-refractivity contribution >= 4 is 23.7 Å². The van der Waals surface area contributed by atoms with Gasteiger partial charge in [0.1, 0.15) is 12.3 Å². The van der Waals surface area contributed by atoms with Crippen molar-refractivity contribution in [3.8, 4) is 22.8 Å². The van der Waals surface area contributed by atoms with Gasteiger partial charge in [-0.25, -0.2) is 5.43 Å². The Morgan fingerprint density at radius 1 is 1.06 bits per heavy atom. The van der Waals surface area contributed by atoms with Crippen molar-refractivity contribution in [2.24, 2.45) is 5.10 Å². The normalized spacial score (nSPS) is 10.8. The zero-order valence-electron chi connectivity index (χ0n) is 17.8. The third-order valence-corrected chi connectivity index (χ3v) is 5.02. The molecule has 0 unspecified atom stereocenters. The van der Waals surface area contributed by atoms with Crippen LogP contribution in [-0.2, 0) is 6.61 Å². The molecular weight excluding hydrogens is 440 g/mol. The summed E-state index contributed by atoms with van der Waals surface area (Å²) in [4.78, 5) is 12.4. The Bertz CT molecular complexity index is 1250. The second-order valence-electron chi connectivity index (χ2n) is 7.06. The topological polar surface area (TPSA) is 88.6 Å². The van der Waals surface area contributed by atoms with Gasteiger partial charge in [0.25, 0.3) is 5.91 Å². The van der Waals surface area contributed by atoms with Gasteiger partial charge in [0.05, 0.1) is 19.0 Å². The number of benzene rings is 3. The van der Waals surface area contributed by atoms with Crippen LogP contribution < -0.4 is 14.9 Å². The molecule has 7 nitrogen and oxygen atoms in total. The molecule has 0 aliphatic carbocycles. The maximum Gasteiger partial charge on any atom is 0.289 e. The number of hydrogen-bond donors (Lipinski definition) is 2. The smallest absolute Gasteiger partial charge is 0.289 e. The third-order valence-electron chi connectivity index (χ3n) is 4.77. The van der Waals surface area contributed by atoms with E-state index in [4.69, 9.17) is 21.1 Å². The number of methoxy groups -OCH3 is 1. The van der Waals surface area contributed by atoms with Crippen LogP contribution in [0, 0.1) is 0 Å². The number of halogens is 1. The molecule has 33 heavy (non-hydrogen) atoms. The first-order valence-electron chi connectivity index (χ1n) is 10.1. The van der Waals surface area contributed by atoms with E-state index in [1.54, 1.807) is 37.4 Å². The van der Waals surface area contributed by atoms with Crippen molar-refractivity contribution in [1.29, 1.82) is 0 Å². The monoisotopic (exact) mass is 460 g/mol. The molecular formula is C25H21ClN4O3. The van der Waals surface area contributed by atoms with E-state index in [9.17, 15) is 4.79 Å². The molecule has 166 valence electrons. The minimum atomic E-state index is -0.409. The second-order valence-corrected chi connectivity index (χ2v) is 7.49. The zero-order chi connectivity index (χ0) is 23.0. The summed E-state index contributed by atoms with van der Waals surface area (Å²) >= 11 is 5.91. The van der Waals surface area contributed by atoms with Crippen LogP contribution in [0.15, 0.2) is 84.0 Å². The molecule has 0 aliphatic rings. The molecule has 0 atom stereocenters. The van der Waals surface area contributed by atoms with Gasteiger partial charge < -0.3 is 9.47 Å². The Morgan fingerprint density at radius 2 is 1.85 bits per heavy atom. The number of aromatic nitrogens is 2. The molecule has 0 bridgehead atoms. The van der Waals surface area contributed by atoms with E-state index >= 15 is 0 Å². The summed E-state index contributed by atoms with van der Waals surface area (Å²) in [7, 11) is 1.57. The maximum absolute atomic E-state index is 12.4. The Labute approximate surface area is 196 Å². The highest BCUT2D eigenvalue weighted by Gasteiger charge is 2.11. The fourth-order valence-corrected chi connectivity index (χ4v) is 3.18. The second kappa shape index (κ2) is 10.5. The summed E-state index contributed by atoms with van der Waals surface area (Å²) in [6, 6.07) is 24.1. The van der Waals surface area contributed by atoms with Gasteiger partial charge in [0.2, 0.25) is 0 Å². The molecule has 0 radical (unpaired) electrons. The molecule has 1 heterocycles. The third kappa shape index (κ3) is 5.78. The Kier molecular flexibility index (Phi) is 7.02. The highest BCUT2D eigenvalue weighted by Crippen LogP contribution is 2.28. The summed E-state index contributed by atoms with van der Waals surface area (Å²) in [5, 5.41) is 11.5. The number of ether oxygens (including phenoxy) is 2. The SMILES string of the molecule is COc1cc(/C=N/NC(=O)c2cc(-c3ccc(Cl)cc3)n[nH]2)ccc1OCc1ccccc1. The lowest BCUT2D eigenvalue weighted by Gasteiger charge is -2.11. The van der Waals surface area contributed by atoms with Gasteiger partial charge in [0.15, 0.2) is 11.5 Å². The first-order valence-corrected chi connectivity index (χ1v) is 10.5. The highest BCUT2D eigenvalue weighted by molar-refractivity contribution is 6.30. The number of nitrogens with one attached hydrogen (secondary N) is 2. The van der Waals surface area contributed by atoms with Gasteiger partial charge in [-0.15, -0.1) is 0 Å². The Morgan fingerprint density at radius 3 is 2.61 bits per heavy atom. The van der Waals surface area contributed by atoms with Gasteiger partial charge in [0, 0.05) is 10.6 Å². The predicted molar refractivity (Wildman–Crippen MR) is 128 cm³/mol. The van der Waals surface area contributed by atoms with Crippen LogP contribution >= 0.6 is 11.6 Å². The molecule has 4 rings (SSSR count). The van der Waals surface area contributed by atoms with Crippen molar-refractivity contribution in [2.75, 3.05) is 7.11 Å². The number of carbonyl (C=O) groups excluding carboxylic acids is 1. The lowest BCUT2D eigenvalue weighted by molar-refractivity contribution is 0.0950. The molecule has 0 aliphatic heterocycles. The van der Waals surface area contributed by atoms with Crippen LogP contribution in [0.3, 0.4) is 0 Å². The standard InChI is InChI=1S/C25H21ClN4O3/c1-32-24-13-18(7-12-23(24)33-16-17-5-3-2-4-6-17)15-27-30-25(31)22-14-21(28-29-22)19-8-10-20(26)11-9-19/h2-15H,16H2,1H3,(H,28,29)(H,30,31)/b27-15+. The Balaban J connectivity index is 1.36. The van der Waals surface area contributed by atoms with Crippen molar-refractivity contribution < 1.29 is 14.3 Å². The quantitative estimate of drug-likeness (QED) is 0.283. The maximum atomic E-state index is 12.4. The summed E-state index contributed by atoms with van der Waals surface area (Å²) in [6.45, 7) is 0.433. The minimum absolute atomic E-state index is 0.291. The number of nitrogens with zero attached hydrogens (tertiary/aromatic N) is 2. The molecule has 2 N–H and O–H groups in total. The average molecular weight is 461 g/mol. The highest BCUT2D eigenvalue weighted by atomic mass is 35.5. The van der Waals surface area contributed by atoms with Crippen LogP contribution in [0.2, 0.25) is 5.02 Å². The van der Waals surface area contributed by atoms with Gasteiger partial charge >= 0.3 is 0 Å². The lowest BCUT2D eigenvalue weighted by Crippen LogP contribution is -2.18. The van der Waals surface area contributed by atoms with Crippen molar-refractivity contribution in [3.05, 3.63) is 101 Å². The van der Waals surface area contributed by atoms with E-state index < -0.39 is 5.91 Å². The van der Waals surface area contributed by atoms with E-state index in [1.807, 2.05) is 48.5 Å². The van der Waals surface area contributed by atoms with Gasteiger partial charge in [-0.3, -0.25) is 9.89 Å². The number of hydrogen-bond acceptors (Lipinski definition) is 5. The number of rotatable bonds is 8. The van der Waals surface area contributed by atoms with Crippen LogP contribution in [0.4, 0.5) is 0 Å². The van der Waals surface area contributed by atoms with Gasteiger partial charge in [-0.05, 0) is 47.5 Å². The number of hydrazone groups is 1. The van der Waals surface area contributed by atoms with E-state index in [2.05, 4.69) is 20.7 Å². The summed E-state index contributed by atoms with van der Waals surface area (Å²) < 4.78 is 11.3. The first-order chi connectivity index (χ1) is 16.1. The lowest BCUT2D eigenvalue weighted by atomic mass is 10.1. The van der Waals surface area contributed by atoms with Crippen molar-refractivity contribution in [1.82, 2.24) is 15.6 Å².